The number of methoxy groups -OCH3 is 1. The standard InChI is InChI=1S/C20H24N2O5S/c1-15(14-27-18-9-7-17(26-2)8-10-18)21-28(24,25)19-11-5-16(6-12-19)22-13-3-4-20(22)23/h5-12,15,21H,3-4,13-14H2,1-2H3. The molecule has 2 aromatic rings. The Kier molecular flexibility index (Phi) is 6.21. The number of sulfonamides is 1. The maximum atomic E-state index is 12.6. The Bertz CT molecular complexity index is 911. The molecule has 0 aromatic heterocycles. The molecule has 3 rings (SSSR count). The number of carbonyl (C=O) groups excluding carboxylic acids is 1. The highest BCUT2D eigenvalue weighted by atomic mass is 32.2. The lowest BCUT2D eigenvalue weighted by Gasteiger charge is -2.17. The second kappa shape index (κ2) is 8.62. The van der Waals surface area contributed by atoms with Crippen molar-refractivity contribution in [3.63, 3.8) is 0 Å². The van der Waals surface area contributed by atoms with Crippen molar-refractivity contribution in [2.75, 3.05) is 25.2 Å². The Morgan fingerprint density at radius 3 is 2.29 bits per heavy atom. The second-order valence-electron chi connectivity index (χ2n) is 6.65. The molecule has 2 aromatic carbocycles. The van der Waals surface area contributed by atoms with Gasteiger partial charge in [0, 0.05) is 18.7 Å². The molecule has 0 radical (unpaired) electrons. The fraction of sp³-hybridized carbons (Fsp3) is 0.350. The quantitative estimate of drug-likeness (QED) is 0.731. The van der Waals surface area contributed by atoms with E-state index in [1.165, 1.54) is 12.1 Å². The predicted molar refractivity (Wildman–Crippen MR) is 106 cm³/mol. The molecule has 150 valence electrons. The summed E-state index contributed by atoms with van der Waals surface area (Å²) in [5.41, 5.74) is 0.720. The number of nitrogens with one attached hydrogen (secondary N) is 1. The Morgan fingerprint density at radius 1 is 1.07 bits per heavy atom. The summed E-state index contributed by atoms with van der Waals surface area (Å²) in [6.07, 6.45) is 1.36. The van der Waals surface area contributed by atoms with Crippen molar-refractivity contribution in [2.24, 2.45) is 0 Å². The van der Waals surface area contributed by atoms with Crippen LogP contribution in [0.25, 0.3) is 0 Å². The van der Waals surface area contributed by atoms with Gasteiger partial charge < -0.3 is 14.4 Å². The topological polar surface area (TPSA) is 84.9 Å². The summed E-state index contributed by atoms with van der Waals surface area (Å²) in [5.74, 6) is 1.42. The molecule has 1 atom stereocenters. The minimum Gasteiger partial charge on any atom is -0.497 e. The van der Waals surface area contributed by atoms with Crippen LogP contribution in [0.4, 0.5) is 5.69 Å². The first-order valence-corrected chi connectivity index (χ1v) is 10.6. The highest BCUT2D eigenvalue weighted by molar-refractivity contribution is 7.89. The molecule has 1 aliphatic heterocycles. The summed E-state index contributed by atoms with van der Waals surface area (Å²) in [6.45, 7) is 2.59. The highest BCUT2D eigenvalue weighted by Crippen LogP contribution is 2.23. The van der Waals surface area contributed by atoms with E-state index in [4.69, 9.17) is 9.47 Å². The molecular formula is C20H24N2O5S. The van der Waals surface area contributed by atoms with Crippen molar-refractivity contribution in [3.8, 4) is 11.5 Å². The molecule has 0 spiro atoms. The highest BCUT2D eigenvalue weighted by Gasteiger charge is 2.23. The van der Waals surface area contributed by atoms with Gasteiger partial charge in [-0.25, -0.2) is 13.1 Å². The number of amides is 1. The lowest BCUT2D eigenvalue weighted by molar-refractivity contribution is -0.117. The molecule has 0 saturated carbocycles. The number of hydrogen-bond donors (Lipinski definition) is 1. The first-order chi connectivity index (χ1) is 13.4. The fourth-order valence-electron chi connectivity index (χ4n) is 2.99. The SMILES string of the molecule is COc1ccc(OCC(C)NS(=O)(=O)c2ccc(N3CCCC3=O)cc2)cc1. The minimum atomic E-state index is -3.68. The van der Waals surface area contributed by atoms with Gasteiger partial charge in [-0.05, 0) is 61.9 Å². The maximum absolute atomic E-state index is 12.6. The van der Waals surface area contributed by atoms with Crippen LogP contribution in [-0.2, 0) is 14.8 Å². The number of anilines is 1. The van der Waals surface area contributed by atoms with Crippen LogP contribution in [0.2, 0.25) is 0 Å². The zero-order chi connectivity index (χ0) is 20.1. The molecule has 1 fully saturated rings. The third-order valence-electron chi connectivity index (χ3n) is 4.45. The van der Waals surface area contributed by atoms with E-state index >= 15 is 0 Å². The van der Waals surface area contributed by atoms with E-state index in [2.05, 4.69) is 4.72 Å². The molecule has 8 heteroatoms. The predicted octanol–water partition coefficient (Wildman–Crippen LogP) is 2.57. The molecule has 7 nitrogen and oxygen atoms in total. The molecular weight excluding hydrogens is 380 g/mol. The Hall–Kier alpha value is -2.58. The monoisotopic (exact) mass is 404 g/mol. The van der Waals surface area contributed by atoms with Crippen LogP contribution in [0.5, 0.6) is 11.5 Å². The maximum Gasteiger partial charge on any atom is 0.240 e. The second-order valence-corrected chi connectivity index (χ2v) is 8.37. The van der Waals surface area contributed by atoms with Gasteiger partial charge in [-0.3, -0.25) is 4.79 Å². The third kappa shape index (κ3) is 4.82. The number of carbonyl (C=O) groups is 1. The summed E-state index contributed by atoms with van der Waals surface area (Å²) < 4.78 is 38.5. The Balaban J connectivity index is 1.58. The molecule has 1 N–H and O–H groups in total. The Labute approximate surface area is 165 Å². The van der Waals surface area contributed by atoms with E-state index in [1.807, 2.05) is 0 Å². The van der Waals surface area contributed by atoms with Crippen LogP contribution in [0.15, 0.2) is 53.4 Å². The Morgan fingerprint density at radius 2 is 1.71 bits per heavy atom. The van der Waals surface area contributed by atoms with Crippen molar-refractivity contribution in [3.05, 3.63) is 48.5 Å². The molecule has 1 unspecified atom stereocenters. The van der Waals surface area contributed by atoms with Gasteiger partial charge in [-0.15, -0.1) is 0 Å². The van der Waals surface area contributed by atoms with Gasteiger partial charge in [0.25, 0.3) is 0 Å². The van der Waals surface area contributed by atoms with E-state index in [9.17, 15) is 13.2 Å². The molecule has 28 heavy (non-hydrogen) atoms. The normalized spacial score (nSPS) is 15.5. The van der Waals surface area contributed by atoms with Crippen LogP contribution >= 0.6 is 0 Å². The van der Waals surface area contributed by atoms with Crippen molar-refractivity contribution in [1.82, 2.24) is 4.72 Å². The molecule has 1 amide bonds. The van der Waals surface area contributed by atoms with E-state index in [1.54, 1.807) is 55.3 Å². The van der Waals surface area contributed by atoms with Gasteiger partial charge in [0.2, 0.25) is 15.9 Å². The number of hydrogen-bond acceptors (Lipinski definition) is 5. The van der Waals surface area contributed by atoms with Gasteiger partial charge in [-0.1, -0.05) is 0 Å². The lowest BCUT2D eigenvalue weighted by atomic mass is 10.3. The van der Waals surface area contributed by atoms with E-state index < -0.39 is 16.1 Å². The number of nitrogens with zero attached hydrogens (tertiary/aromatic N) is 1. The van der Waals surface area contributed by atoms with Crippen LogP contribution in [0.3, 0.4) is 0 Å². The van der Waals surface area contributed by atoms with E-state index in [0.29, 0.717) is 18.7 Å². The van der Waals surface area contributed by atoms with E-state index in [0.717, 1.165) is 17.9 Å². The zero-order valence-electron chi connectivity index (χ0n) is 15.9. The molecule has 1 heterocycles. The first-order valence-electron chi connectivity index (χ1n) is 9.08. The third-order valence-corrected chi connectivity index (χ3v) is 6.05. The minimum absolute atomic E-state index is 0.0676. The van der Waals surface area contributed by atoms with Crippen LogP contribution in [0, 0.1) is 0 Å². The van der Waals surface area contributed by atoms with Crippen molar-refractivity contribution in [2.45, 2.75) is 30.7 Å². The molecule has 1 aliphatic rings. The average Bonchev–Trinajstić information content (AvgIpc) is 3.12. The molecule has 1 saturated heterocycles. The number of ether oxygens (including phenoxy) is 2. The number of benzene rings is 2. The molecule has 0 bridgehead atoms. The van der Waals surface area contributed by atoms with Crippen molar-refractivity contribution < 1.29 is 22.7 Å². The van der Waals surface area contributed by atoms with Crippen molar-refractivity contribution in [1.29, 1.82) is 0 Å². The van der Waals surface area contributed by atoms with Gasteiger partial charge in [0.05, 0.1) is 18.0 Å². The number of rotatable bonds is 8. The summed E-state index contributed by atoms with van der Waals surface area (Å²) >= 11 is 0. The lowest BCUT2D eigenvalue weighted by Crippen LogP contribution is -2.36. The average molecular weight is 404 g/mol. The van der Waals surface area contributed by atoms with Gasteiger partial charge in [-0.2, -0.15) is 0 Å². The summed E-state index contributed by atoms with van der Waals surface area (Å²) in [4.78, 5) is 13.6. The molecule has 0 aliphatic carbocycles. The van der Waals surface area contributed by atoms with E-state index in [-0.39, 0.29) is 17.4 Å². The fourth-order valence-corrected chi connectivity index (χ4v) is 4.21. The van der Waals surface area contributed by atoms with Gasteiger partial charge >= 0.3 is 0 Å². The van der Waals surface area contributed by atoms with Crippen molar-refractivity contribution >= 4 is 21.6 Å². The van der Waals surface area contributed by atoms with Crippen LogP contribution in [0.1, 0.15) is 19.8 Å². The summed E-state index contributed by atoms with van der Waals surface area (Å²) in [7, 11) is -2.10. The smallest absolute Gasteiger partial charge is 0.240 e. The zero-order valence-corrected chi connectivity index (χ0v) is 16.7. The first kappa shape index (κ1) is 20.2. The largest absolute Gasteiger partial charge is 0.497 e. The summed E-state index contributed by atoms with van der Waals surface area (Å²) in [6, 6.07) is 13.0. The van der Waals surface area contributed by atoms with Gasteiger partial charge in [0.15, 0.2) is 0 Å². The van der Waals surface area contributed by atoms with Crippen LogP contribution in [-0.4, -0.2) is 40.6 Å². The van der Waals surface area contributed by atoms with Gasteiger partial charge in [0.1, 0.15) is 18.1 Å². The summed E-state index contributed by atoms with van der Waals surface area (Å²) in [5, 5.41) is 0. The van der Waals surface area contributed by atoms with Crippen LogP contribution < -0.4 is 19.1 Å².